The first kappa shape index (κ1) is 26.4. The van der Waals surface area contributed by atoms with Crippen molar-refractivity contribution in [3.63, 3.8) is 0 Å². The number of esters is 1. The smallest absolute Gasteiger partial charge is 0.352 e. The van der Waals surface area contributed by atoms with Crippen molar-refractivity contribution in [2.45, 2.75) is 22.7 Å². The third-order valence-corrected chi connectivity index (χ3v) is 8.42. The van der Waals surface area contributed by atoms with Crippen LogP contribution >= 0.6 is 23.5 Å². The van der Waals surface area contributed by atoms with E-state index in [0.29, 0.717) is 22.0 Å². The molecule has 5 rings (SSSR count). The summed E-state index contributed by atoms with van der Waals surface area (Å²) in [5, 5.41) is 23.7. The summed E-state index contributed by atoms with van der Waals surface area (Å²) in [6, 6.07) is 10.4. The number of hydrogen-bond acceptors (Lipinski definition) is 11. The molecule has 1 saturated heterocycles. The molecule has 0 spiro atoms. The van der Waals surface area contributed by atoms with Crippen LogP contribution in [0.5, 0.6) is 0 Å². The molecule has 2 amide bonds. The minimum absolute atomic E-state index is 0.111. The highest BCUT2D eigenvalue weighted by molar-refractivity contribution is 8.01. The number of nitrogens with zero attached hydrogens (tertiary/aromatic N) is 6. The van der Waals surface area contributed by atoms with E-state index in [0.717, 1.165) is 0 Å². The molecule has 39 heavy (non-hydrogen) atoms. The van der Waals surface area contributed by atoms with Crippen LogP contribution in [0, 0.1) is 0 Å². The number of amides is 2. The number of tetrazole rings is 1. The van der Waals surface area contributed by atoms with Crippen LogP contribution in [0.3, 0.4) is 0 Å². The number of thioether (sulfide) groups is 2. The van der Waals surface area contributed by atoms with E-state index in [9.17, 15) is 24.3 Å². The van der Waals surface area contributed by atoms with Crippen LogP contribution in [0.25, 0.3) is 0 Å². The van der Waals surface area contributed by atoms with E-state index < -0.39 is 41.3 Å². The molecule has 1 aromatic carbocycles. The Hall–Kier alpha value is -4.24. The second-order valence-corrected chi connectivity index (χ2v) is 10.5. The summed E-state index contributed by atoms with van der Waals surface area (Å²) in [5.41, 5.74) is 1.07. The molecule has 0 bridgehead atoms. The average Bonchev–Trinajstić information content (AvgIpc) is 3.37. The summed E-state index contributed by atoms with van der Waals surface area (Å²) < 4.78 is 7.01. The first-order valence-electron chi connectivity index (χ1n) is 11.6. The monoisotopic (exact) mass is 567 g/mol. The second-order valence-electron chi connectivity index (χ2n) is 8.46. The van der Waals surface area contributed by atoms with Crippen LogP contribution in [-0.4, -0.2) is 81.9 Å². The number of β-lactam (4-membered cyclic amide) rings is 1. The number of carboxylic acid groups (broad SMARTS) is 1. The molecule has 2 N–H and O–H groups in total. The van der Waals surface area contributed by atoms with E-state index in [1.807, 2.05) is 0 Å². The molecule has 2 aromatic heterocycles. The molecule has 3 aromatic rings. The number of hydrogen-bond donors (Lipinski definition) is 2. The summed E-state index contributed by atoms with van der Waals surface area (Å²) in [4.78, 5) is 56.4. The van der Waals surface area contributed by atoms with Gasteiger partial charge in [-0.25, -0.2) is 14.3 Å². The molecule has 1 fully saturated rings. The number of aryl methyl sites for hydroxylation is 1. The number of rotatable bonds is 9. The second kappa shape index (κ2) is 11.2. The summed E-state index contributed by atoms with van der Waals surface area (Å²) in [7, 11) is 1.67. The first-order valence-corrected chi connectivity index (χ1v) is 13.6. The Kier molecular flexibility index (Phi) is 7.60. The van der Waals surface area contributed by atoms with E-state index in [1.54, 1.807) is 37.4 Å². The van der Waals surface area contributed by atoms with Gasteiger partial charge < -0.3 is 15.2 Å². The Bertz CT molecular complexity index is 1450. The van der Waals surface area contributed by atoms with Gasteiger partial charge in [-0.3, -0.25) is 19.5 Å². The van der Waals surface area contributed by atoms with Gasteiger partial charge in [-0.1, -0.05) is 42.1 Å². The molecule has 200 valence electrons. The van der Waals surface area contributed by atoms with Crippen LogP contribution in [0.15, 0.2) is 71.3 Å². The summed E-state index contributed by atoms with van der Waals surface area (Å²) >= 11 is 2.60. The largest absolute Gasteiger partial charge is 0.477 e. The van der Waals surface area contributed by atoms with Crippen LogP contribution < -0.4 is 5.32 Å². The van der Waals surface area contributed by atoms with E-state index in [-0.39, 0.29) is 17.0 Å². The van der Waals surface area contributed by atoms with Crippen LogP contribution in [-0.2, 0) is 26.2 Å². The van der Waals surface area contributed by atoms with Gasteiger partial charge in [0.05, 0.1) is 5.56 Å². The van der Waals surface area contributed by atoms with Gasteiger partial charge in [0.15, 0.2) is 0 Å². The molecule has 15 heteroatoms. The SMILES string of the molecule is Cn1nnnc1SCC1=C(C(=O)O)N2C(=O)C(NC(=O)[C@H](OC(=O)c3ccncc3)c3ccccc3)[C@H]2SC1. The lowest BCUT2D eigenvalue weighted by atomic mass is 10.0. The molecule has 1 unspecified atom stereocenters. The highest BCUT2D eigenvalue weighted by Gasteiger charge is 2.54. The number of aromatic nitrogens is 5. The van der Waals surface area contributed by atoms with Gasteiger partial charge in [-0.05, 0) is 28.1 Å². The number of carbonyl (C=O) groups excluding carboxylic acids is 3. The van der Waals surface area contributed by atoms with Crippen molar-refractivity contribution in [3.8, 4) is 0 Å². The fraction of sp³-hybridized carbons (Fsp3) is 0.250. The summed E-state index contributed by atoms with van der Waals surface area (Å²) in [6.07, 6.45) is 1.53. The Morgan fingerprint density at radius 2 is 1.95 bits per heavy atom. The predicted molar refractivity (Wildman–Crippen MR) is 138 cm³/mol. The quantitative estimate of drug-likeness (QED) is 0.214. The molecule has 0 aliphatic carbocycles. The van der Waals surface area contributed by atoms with Crippen molar-refractivity contribution >= 4 is 47.3 Å². The van der Waals surface area contributed by atoms with Crippen molar-refractivity contribution < 1.29 is 29.0 Å². The molecule has 4 heterocycles. The third-order valence-electron chi connectivity index (χ3n) is 5.99. The molecule has 0 radical (unpaired) electrons. The maximum Gasteiger partial charge on any atom is 0.352 e. The van der Waals surface area contributed by atoms with Gasteiger partial charge in [-0.2, -0.15) is 0 Å². The lowest BCUT2D eigenvalue weighted by Crippen LogP contribution is -2.71. The number of fused-ring (bicyclic) bond motifs is 1. The number of nitrogens with one attached hydrogen (secondary N) is 1. The zero-order chi connectivity index (χ0) is 27.5. The van der Waals surface area contributed by atoms with E-state index >= 15 is 0 Å². The highest BCUT2D eigenvalue weighted by Crippen LogP contribution is 2.41. The van der Waals surface area contributed by atoms with E-state index in [2.05, 4.69) is 25.8 Å². The fourth-order valence-electron chi connectivity index (χ4n) is 4.08. The normalized spacial score (nSPS) is 19.1. The minimum atomic E-state index is -1.33. The van der Waals surface area contributed by atoms with Crippen molar-refractivity contribution in [1.29, 1.82) is 0 Å². The summed E-state index contributed by atoms with van der Waals surface area (Å²) in [5.74, 6) is -2.62. The van der Waals surface area contributed by atoms with E-state index in [1.165, 1.54) is 57.6 Å². The standard InChI is InChI=1S/C24H21N7O6S2/c1-30-24(27-28-29-30)39-12-15-11-38-21-16(20(33)31(21)17(15)22(34)35)26-19(32)18(13-5-3-2-4-6-13)37-23(36)14-7-9-25-10-8-14/h2-10,16,18,21H,11-12H2,1H3,(H,26,32)(H,34,35)/t16?,18-,21-/m1/s1. The third kappa shape index (κ3) is 5.35. The van der Waals surface area contributed by atoms with Gasteiger partial charge in [0, 0.05) is 36.5 Å². The van der Waals surface area contributed by atoms with Crippen molar-refractivity contribution in [1.82, 2.24) is 35.4 Å². The molecular formula is C24H21N7O6S2. The number of benzene rings is 1. The molecule has 3 atom stereocenters. The first-order chi connectivity index (χ1) is 18.8. The highest BCUT2D eigenvalue weighted by atomic mass is 32.2. The van der Waals surface area contributed by atoms with Crippen LogP contribution in [0.2, 0.25) is 0 Å². The lowest BCUT2D eigenvalue weighted by Gasteiger charge is -2.49. The molecule has 0 saturated carbocycles. The van der Waals surface area contributed by atoms with Crippen molar-refractivity contribution in [2.75, 3.05) is 11.5 Å². The zero-order valence-corrected chi connectivity index (χ0v) is 22.0. The summed E-state index contributed by atoms with van der Waals surface area (Å²) in [6.45, 7) is 0. The predicted octanol–water partition coefficient (Wildman–Crippen LogP) is 1.03. The number of ether oxygens (including phenoxy) is 1. The average molecular weight is 568 g/mol. The maximum absolute atomic E-state index is 13.3. The number of carbonyl (C=O) groups is 4. The van der Waals surface area contributed by atoms with Crippen molar-refractivity contribution in [2.24, 2.45) is 7.05 Å². The van der Waals surface area contributed by atoms with Gasteiger partial charge in [-0.15, -0.1) is 16.9 Å². The molecular weight excluding hydrogens is 546 g/mol. The number of carboxylic acids is 1. The topological polar surface area (TPSA) is 170 Å². The molecule has 2 aliphatic heterocycles. The van der Waals surface area contributed by atoms with Gasteiger partial charge in [0.2, 0.25) is 11.3 Å². The van der Waals surface area contributed by atoms with Crippen LogP contribution in [0.4, 0.5) is 0 Å². The Labute approximate surface area is 230 Å². The van der Waals surface area contributed by atoms with Gasteiger partial charge in [0.25, 0.3) is 11.8 Å². The number of pyridine rings is 1. The van der Waals surface area contributed by atoms with Gasteiger partial charge >= 0.3 is 11.9 Å². The Balaban J connectivity index is 1.32. The Morgan fingerprint density at radius 3 is 2.62 bits per heavy atom. The van der Waals surface area contributed by atoms with Gasteiger partial charge in [0.1, 0.15) is 17.1 Å². The lowest BCUT2D eigenvalue weighted by molar-refractivity contribution is -0.151. The fourth-order valence-corrected chi connectivity index (χ4v) is 6.42. The van der Waals surface area contributed by atoms with Crippen LogP contribution in [0.1, 0.15) is 22.0 Å². The Morgan fingerprint density at radius 1 is 1.21 bits per heavy atom. The minimum Gasteiger partial charge on any atom is -0.477 e. The number of aliphatic carboxylic acids is 1. The maximum atomic E-state index is 13.3. The van der Waals surface area contributed by atoms with Crippen molar-refractivity contribution in [3.05, 3.63) is 77.3 Å². The van der Waals surface area contributed by atoms with E-state index in [4.69, 9.17) is 4.74 Å². The molecule has 13 nitrogen and oxygen atoms in total. The molecule has 2 aliphatic rings. The zero-order valence-electron chi connectivity index (χ0n) is 20.3.